The molecular formula is C20H22FN5. The van der Waals surface area contributed by atoms with Crippen LogP contribution in [0.3, 0.4) is 0 Å². The number of hydrogen-bond acceptors (Lipinski definition) is 4. The number of likely N-dealkylation sites (N-methyl/N-ethyl adjacent to an activating group) is 1. The van der Waals surface area contributed by atoms with Gasteiger partial charge in [-0.15, -0.1) is 0 Å². The highest BCUT2D eigenvalue weighted by atomic mass is 19.1. The highest BCUT2D eigenvalue weighted by Crippen LogP contribution is 2.23. The Hall–Kier alpha value is -2.73. The maximum absolute atomic E-state index is 13.1. The number of nitrogens with zero attached hydrogens (tertiary/aromatic N) is 4. The van der Waals surface area contributed by atoms with Gasteiger partial charge >= 0.3 is 0 Å². The van der Waals surface area contributed by atoms with E-state index in [9.17, 15) is 4.39 Å². The Balaban J connectivity index is 1.48. The number of H-pyrrole nitrogens is 1. The summed E-state index contributed by atoms with van der Waals surface area (Å²) < 4.78 is 13.1. The van der Waals surface area contributed by atoms with E-state index >= 15 is 0 Å². The fourth-order valence-electron chi connectivity index (χ4n) is 3.25. The summed E-state index contributed by atoms with van der Waals surface area (Å²) in [6.45, 7) is 7.49. The zero-order valence-corrected chi connectivity index (χ0v) is 14.8. The van der Waals surface area contributed by atoms with Crippen LogP contribution in [0.25, 0.3) is 22.6 Å². The van der Waals surface area contributed by atoms with Crippen LogP contribution >= 0.6 is 0 Å². The van der Waals surface area contributed by atoms with Crippen LogP contribution in [0.4, 0.5) is 10.2 Å². The Labute approximate surface area is 152 Å². The fraction of sp³-hybridized carbons (Fsp3) is 0.300. The average Bonchev–Trinajstić information content (AvgIpc) is 3.19. The maximum atomic E-state index is 13.1. The number of pyridine rings is 1. The predicted octanol–water partition coefficient (Wildman–Crippen LogP) is 3.42. The lowest BCUT2D eigenvalue weighted by Crippen LogP contribution is -2.46. The molecule has 0 unspecified atom stereocenters. The summed E-state index contributed by atoms with van der Waals surface area (Å²) in [4.78, 5) is 17.1. The van der Waals surface area contributed by atoms with E-state index in [1.165, 1.54) is 12.1 Å². The van der Waals surface area contributed by atoms with Crippen molar-refractivity contribution in [3.8, 4) is 22.6 Å². The van der Waals surface area contributed by atoms with Gasteiger partial charge in [0.15, 0.2) is 0 Å². The van der Waals surface area contributed by atoms with Crippen LogP contribution in [0.15, 0.2) is 48.8 Å². The number of halogens is 1. The summed E-state index contributed by atoms with van der Waals surface area (Å²) in [6.07, 6.45) is 3.62. The first-order valence-electron chi connectivity index (χ1n) is 8.97. The molecule has 1 saturated heterocycles. The van der Waals surface area contributed by atoms with E-state index in [0.717, 1.165) is 61.2 Å². The van der Waals surface area contributed by atoms with Crippen LogP contribution in [0.5, 0.6) is 0 Å². The Bertz CT molecular complexity index is 849. The third kappa shape index (κ3) is 3.46. The SMILES string of the molecule is CCN1CCN(c2ccc(-c3ncc(-c4ccc(F)cc4)[nH]3)cn2)CC1. The lowest BCUT2D eigenvalue weighted by Gasteiger charge is -2.34. The standard InChI is InChI=1S/C20H22FN5/c1-2-25-9-11-26(12-10-25)19-8-5-16(13-22-19)20-23-14-18(24-20)15-3-6-17(21)7-4-15/h3-8,13-14H,2,9-12H2,1H3,(H,23,24). The number of anilines is 1. The van der Waals surface area contributed by atoms with Crippen molar-refractivity contribution in [2.75, 3.05) is 37.6 Å². The fourth-order valence-corrected chi connectivity index (χ4v) is 3.25. The van der Waals surface area contributed by atoms with Gasteiger partial charge < -0.3 is 14.8 Å². The predicted molar refractivity (Wildman–Crippen MR) is 102 cm³/mol. The number of aromatic amines is 1. The van der Waals surface area contributed by atoms with Crippen LogP contribution in [-0.2, 0) is 0 Å². The molecule has 0 amide bonds. The van der Waals surface area contributed by atoms with E-state index in [-0.39, 0.29) is 5.82 Å². The Morgan fingerprint density at radius 3 is 2.31 bits per heavy atom. The number of nitrogens with one attached hydrogen (secondary N) is 1. The van der Waals surface area contributed by atoms with Crippen molar-refractivity contribution in [2.24, 2.45) is 0 Å². The number of benzene rings is 1. The first kappa shape index (κ1) is 16.7. The van der Waals surface area contributed by atoms with Crippen LogP contribution < -0.4 is 4.90 Å². The summed E-state index contributed by atoms with van der Waals surface area (Å²) in [5.74, 6) is 1.53. The Kier molecular flexibility index (Phi) is 4.67. The third-order valence-corrected chi connectivity index (χ3v) is 4.90. The van der Waals surface area contributed by atoms with Crippen molar-refractivity contribution in [3.63, 3.8) is 0 Å². The maximum Gasteiger partial charge on any atom is 0.139 e. The summed E-state index contributed by atoms with van der Waals surface area (Å²) in [5, 5.41) is 0. The number of rotatable bonds is 4. The molecule has 1 N–H and O–H groups in total. The molecule has 4 rings (SSSR count). The van der Waals surface area contributed by atoms with Gasteiger partial charge in [0, 0.05) is 37.9 Å². The first-order chi connectivity index (χ1) is 12.7. The highest BCUT2D eigenvalue weighted by Gasteiger charge is 2.16. The van der Waals surface area contributed by atoms with Gasteiger partial charge in [0.25, 0.3) is 0 Å². The topological polar surface area (TPSA) is 48.0 Å². The minimum Gasteiger partial charge on any atom is -0.354 e. The van der Waals surface area contributed by atoms with E-state index in [1.54, 1.807) is 18.3 Å². The van der Waals surface area contributed by atoms with Gasteiger partial charge in [-0.3, -0.25) is 0 Å². The molecule has 0 bridgehead atoms. The number of hydrogen-bond donors (Lipinski definition) is 1. The van der Waals surface area contributed by atoms with E-state index < -0.39 is 0 Å². The molecule has 6 heteroatoms. The first-order valence-corrected chi connectivity index (χ1v) is 8.97. The molecule has 26 heavy (non-hydrogen) atoms. The summed E-state index contributed by atoms with van der Waals surface area (Å²) >= 11 is 0. The van der Waals surface area contributed by atoms with Gasteiger partial charge in [-0.2, -0.15) is 0 Å². The second-order valence-corrected chi connectivity index (χ2v) is 6.48. The number of aromatic nitrogens is 3. The van der Waals surface area contributed by atoms with E-state index in [0.29, 0.717) is 0 Å². The van der Waals surface area contributed by atoms with Gasteiger partial charge in [0.2, 0.25) is 0 Å². The molecule has 0 atom stereocenters. The number of imidazole rings is 1. The molecule has 1 aliphatic rings. The molecule has 0 spiro atoms. The average molecular weight is 351 g/mol. The summed E-state index contributed by atoms with van der Waals surface area (Å²) in [6, 6.07) is 10.5. The molecule has 0 aliphatic carbocycles. The molecule has 0 radical (unpaired) electrons. The van der Waals surface area contributed by atoms with E-state index in [4.69, 9.17) is 0 Å². The Morgan fingerprint density at radius 2 is 1.65 bits per heavy atom. The molecule has 3 heterocycles. The van der Waals surface area contributed by atoms with Crippen molar-refractivity contribution in [3.05, 3.63) is 54.6 Å². The van der Waals surface area contributed by atoms with Crippen molar-refractivity contribution < 1.29 is 4.39 Å². The largest absolute Gasteiger partial charge is 0.354 e. The molecule has 1 aliphatic heterocycles. The van der Waals surface area contributed by atoms with Crippen molar-refractivity contribution in [1.82, 2.24) is 19.9 Å². The molecule has 1 aromatic carbocycles. The lowest BCUT2D eigenvalue weighted by molar-refractivity contribution is 0.270. The monoisotopic (exact) mass is 351 g/mol. The minimum atomic E-state index is -0.243. The highest BCUT2D eigenvalue weighted by molar-refractivity contribution is 5.64. The van der Waals surface area contributed by atoms with Crippen LogP contribution in [-0.4, -0.2) is 52.6 Å². The second kappa shape index (κ2) is 7.25. The Morgan fingerprint density at radius 1 is 0.923 bits per heavy atom. The third-order valence-electron chi connectivity index (χ3n) is 4.90. The smallest absolute Gasteiger partial charge is 0.139 e. The summed E-state index contributed by atoms with van der Waals surface area (Å²) in [5.41, 5.74) is 2.71. The van der Waals surface area contributed by atoms with E-state index in [2.05, 4.69) is 37.7 Å². The molecular weight excluding hydrogens is 329 g/mol. The quantitative estimate of drug-likeness (QED) is 0.782. The van der Waals surface area contributed by atoms with Crippen molar-refractivity contribution in [1.29, 1.82) is 0 Å². The second-order valence-electron chi connectivity index (χ2n) is 6.48. The van der Waals surface area contributed by atoms with Crippen molar-refractivity contribution in [2.45, 2.75) is 6.92 Å². The normalized spacial score (nSPS) is 15.4. The lowest BCUT2D eigenvalue weighted by atomic mass is 10.2. The van der Waals surface area contributed by atoms with Gasteiger partial charge in [0.1, 0.15) is 17.5 Å². The van der Waals surface area contributed by atoms with Crippen LogP contribution in [0.1, 0.15) is 6.92 Å². The molecule has 1 fully saturated rings. The molecule has 134 valence electrons. The van der Waals surface area contributed by atoms with Gasteiger partial charge in [-0.1, -0.05) is 6.92 Å². The van der Waals surface area contributed by atoms with Crippen LogP contribution in [0.2, 0.25) is 0 Å². The molecule has 2 aromatic heterocycles. The zero-order valence-electron chi connectivity index (χ0n) is 14.8. The van der Waals surface area contributed by atoms with E-state index in [1.807, 2.05) is 12.3 Å². The zero-order chi connectivity index (χ0) is 17.9. The van der Waals surface area contributed by atoms with Gasteiger partial charge in [-0.25, -0.2) is 14.4 Å². The van der Waals surface area contributed by atoms with Gasteiger partial charge in [0.05, 0.1) is 11.9 Å². The van der Waals surface area contributed by atoms with Crippen molar-refractivity contribution >= 4 is 5.82 Å². The molecule has 3 aromatic rings. The number of piperazine rings is 1. The van der Waals surface area contributed by atoms with Crippen LogP contribution in [0, 0.1) is 5.82 Å². The van der Waals surface area contributed by atoms with Gasteiger partial charge in [-0.05, 0) is 48.5 Å². The summed E-state index contributed by atoms with van der Waals surface area (Å²) in [7, 11) is 0. The molecule has 5 nitrogen and oxygen atoms in total. The minimum absolute atomic E-state index is 0.243. The molecule has 0 saturated carbocycles.